The molecule has 2 fully saturated rings. The molecule has 10 nitrogen and oxygen atoms in total. The number of aromatic nitrogens is 1. The molecule has 40 heavy (non-hydrogen) atoms. The molecule has 2 saturated heterocycles. The molecule has 4 rings (SSSR count). The molecule has 1 aromatic carbocycles. The van der Waals surface area contributed by atoms with Crippen molar-refractivity contribution >= 4 is 16.1 Å². The van der Waals surface area contributed by atoms with Gasteiger partial charge in [0.25, 0.3) is 0 Å². The second-order valence-electron chi connectivity index (χ2n) is 9.83. The molecular weight excluding hydrogens is 555 g/mol. The fraction of sp³-hybridized carbons (Fsp3) is 0.538. The lowest BCUT2D eigenvalue weighted by Gasteiger charge is -2.38. The summed E-state index contributed by atoms with van der Waals surface area (Å²) in [5, 5.41) is 0. The molecule has 2 aliphatic heterocycles. The van der Waals surface area contributed by atoms with Gasteiger partial charge in [0, 0.05) is 32.5 Å². The van der Waals surface area contributed by atoms with Gasteiger partial charge in [0.15, 0.2) is 0 Å². The molecule has 1 amide bonds. The Bertz CT molecular complexity index is 1240. The molecule has 0 aliphatic carbocycles. The van der Waals surface area contributed by atoms with Crippen LogP contribution in [0.1, 0.15) is 24.8 Å². The summed E-state index contributed by atoms with van der Waals surface area (Å²) < 4.78 is 89.0. The SMILES string of the molecule is COc1ccc(COC[C@@H](OC(=O)N2CCC3(CC2)CC(N(C)S(=O)(=O)c2cccnc2)CO3)C(F)(F)F)cc1. The van der Waals surface area contributed by atoms with Crippen LogP contribution in [0.4, 0.5) is 18.0 Å². The zero-order chi connectivity index (χ0) is 29.0. The van der Waals surface area contributed by atoms with E-state index in [9.17, 15) is 26.4 Å². The second kappa shape index (κ2) is 12.3. The van der Waals surface area contributed by atoms with Crippen molar-refractivity contribution in [3.8, 4) is 5.75 Å². The van der Waals surface area contributed by atoms with Gasteiger partial charge in [-0.15, -0.1) is 0 Å². The lowest BCUT2D eigenvalue weighted by molar-refractivity contribution is -0.220. The Morgan fingerprint density at radius 1 is 1.23 bits per heavy atom. The van der Waals surface area contributed by atoms with Gasteiger partial charge < -0.3 is 23.8 Å². The Morgan fingerprint density at radius 3 is 2.52 bits per heavy atom. The van der Waals surface area contributed by atoms with Gasteiger partial charge in [0.05, 0.1) is 38.6 Å². The molecule has 0 saturated carbocycles. The number of sulfonamides is 1. The highest BCUT2D eigenvalue weighted by Crippen LogP contribution is 2.39. The number of piperidine rings is 1. The number of rotatable bonds is 9. The minimum atomic E-state index is -4.81. The number of carbonyl (C=O) groups is 1. The fourth-order valence-corrected chi connectivity index (χ4v) is 6.06. The van der Waals surface area contributed by atoms with Crippen molar-refractivity contribution in [3.05, 3.63) is 54.4 Å². The van der Waals surface area contributed by atoms with Crippen LogP contribution in [0.25, 0.3) is 0 Å². The molecule has 1 spiro atoms. The summed E-state index contributed by atoms with van der Waals surface area (Å²) in [6, 6.07) is 9.23. The number of benzene rings is 1. The van der Waals surface area contributed by atoms with E-state index < -0.39 is 46.6 Å². The first-order valence-corrected chi connectivity index (χ1v) is 14.1. The van der Waals surface area contributed by atoms with Crippen LogP contribution in [-0.4, -0.2) is 93.1 Å². The summed E-state index contributed by atoms with van der Waals surface area (Å²) in [4.78, 5) is 17.8. The Balaban J connectivity index is 1.28. The number of hydrogen-bond donors (Lipinski definition) is 0. The van der Waals surface area contributed by atoms with Crippen molar-refractivity contribution in [2.24, 2.45) is 0 Å². The molecule has 3 heterocycles. The van der Waals surface area contributed by atoms with Crippen LogP contribution in [0.3, 0.4) is 0 Å². The van der Waals surface area contributed by atoms with Gasteiger partial charge in [0.2, 0.25) is 16.1 Å². The van der Waals surface area contributed by atoms with Gasteiger partial charge in [-0.05, 0) is 49.1 Å². The molecule has 1 unspecified atom stereocenters. The number of nitrogens with zero attached hydrogens (tertiary/aromatic N) is 3. The van der Waals surface area contributed by atoms with Crippen LogP contribution in [0.2, 0.25) is 0 Å². The molecule has 0 N–H and O–H groups in total. The second-order valence-corrected chi connectivity index (χ2v) is 11.8. The maximum Gasteiger partial charge on any atom is 0.427 e. The topological polar surface area (TPSA) is 108 Å². The quantitative estimate of drug-likeness (QED) is 0.438. The van der Waals surface area contributed by atoms with Crippen molar-refractivity contribution in [3.63, 3.8) is 0 Å². The first-order valence-electron chi connectivity index (χ1n) is 12.7. The number of likely N-dealkylation sites (tertiary alicyclic amines) is 1. The van der Waals surface area contributed by atoms with Gasteiger partial charge in [0.1, 0.15) is 10.6 Å². The lowest BCUT2D eigenvalue weighted by atomic mass is 9.87. The highest BCUT2D eigenvalue weighted by molar-refractivity contribution is 7.89. The average molecular weight is 588 g/mol. The number of ether oxygens (including phenoxy) is 4. The summed E-state index contributed by atoms with van der Waals surface area (Å²) >= 11 is 0. The molecule has 0 bridgehead atoms. The predicted molar refractivity (Wildman–Crippen MR) is 136 cm³/mol. The summed E-state index contributed by atoms with van der Waals surface area (Å²) in [6.07, 6.45) is -4.48. The van der Waals surface area contributed by atoms with Crippen LogP contribution >= 0.6 is 0 Å². The van der Waals surface area contributed by atoms with Crippen molar-refractivity contribution in [1.29, 1.82) is 0 Å². The molecule has 2 aliphatic rings. The molecule has 1 aromatic heterocycles. The number of methoxy groups -OCH3 is 1. The van der Waals surface area contributed by atoms with Gasteiger partial charge in [-0.25, -0.2) is 13.2 Å². The third kappa shape index (κ3) is 7.03. The number of likely N-dealkylation sites (N-methyl/N-ethyl adjacent to an activating group) is 1. The zero-order valence-electron chi connectivity index (χ0n) is 22.2. The predicted octanol–water partition coefficient (Wildman–Crippen LogP) is 3.62. The van der Waals surface area contributed by atoms with E-state index in [-0.39, 0.29) is 31.2 Å². The van der Waals surface area contributed by atoms with E-state index in [1.54, 1.807) is 30.3 Å². The summed E-state index contributed by atoms with van der Waals surface area (Å²) in [6.45, 7) is -0.544. The minimum absolute atomic E-state index is 0.0724. The van der Waals surface area contributed by atoms with Crippen LogP contribution < -0.4 is 4.74 Å². The molecule has 220 valence electrons. The zero-order valence-corrected chi connectivity index (χ0v) is 23.0. The van der Waals surface area contributed by atoms with Crippen molar-refractivity contribution < 1.29 is 45.3 Å². The van der Waals surface area contributed by atoms with E-state index in [1.807, 2.05) is 0 Å². The Morgan fingerprint density at radius 2 is 1.93 bits per heavy atom. The molecule has 0 radical (unpaired) electrons. The van der Waals surface area contributed by atoms with Crippen LogP contribution in [-0.2, 0) is 30.8 Å². The van der Waals surface area contributed by atoms with Gasteiger partial charge in [-0.3, -0.25) is 4.98 Å². The smallest absolute Gasteiger partial charge is 0.427 e. The van der Waals surface area contributed by atoms with E-state index in [2.05, 4.69) is 4.98 Å². The van der Waals surface area contributed by atoms with Crippen molar-refractivity contribution in [2.75, 3.05) is 40.5 Å². The van der Waals surface area contributed by atoms with Crippen LogP contribution in [0.5, 0.6) is 5.75 Å². The first kappa shape index (κ1) is 30.0. The monoisotopic (exact) mass is 587 g/mol. The Hall–Kier alpha value is -2.94. The highest BCUT2D eigenvalue weighted by atomic mass is 32.2. The summed E-state index contributed by atoms with van der Waals surface area (Å²) in [7, 11) is -0.790. The van der Waals surface area contributed by atoms with Crippen molar-refractivity contribution in [2.45, 2.75) is 54.7 Å². The van der Waals surface area contributed by atoms with E-state index in [0.29, 0.717) is 30.6 Å². The molecule has 2 aromatic rings. The molecule has 2 atom stereocenters. The standard InChI is InChI=1S/C26H32F3N3O7S/c1-31(40(34,35)22-4-3-11-30-15-22)20-14-25(38-17-20)9-12-32(13-10-25)24(33)39-23(26(27,28)29)18-37-16-19-5-7-21(36-2)8-6-19/h3-8,11,15,20,23H,9-10,12-14,16-18H2,1-2H3/t20?,23-/m1/s1. The number of amides is 1. The highest BCUT2D eigenvalue weighted by Gasteiger charge is 2.48. The number of carbonyl (C=O) groups excluding carboxylic acids is 1. The normalized spacial score (nSPS) is 20.1. The van der Waals surface area contributed by atoms with E-state index in [4.69, 9.17) is 18.9 Å². The van der Waals surface area contributed by atoms with Crippen LogP contribution in [0.15, 0.2) is 53.7 Å². The van der Waals surface area contributed by atoms with E-state index >= 15 is 0 Å². The Kier molecular flexibility index (Phi) is 9.22. The number of hydrogen-bond acceptors (Lipinski definition) is 8. The maximum absolute atomic E-state index is 13.6. The van der Waals surface area contributed by atoms with E-state index in [0.717, 1.165) is 0 Å². The largest absolute Gasteiger partial charge is 0.497 e. The van der Waals surface area contributed by atoms with Crippen LogP contribution in [0, 0.1) is 0 Å². The number of alkyl halides is 3. The third-order valence-corrected chi connectivity index (χ3v) is 9.15. The molecule has 14 heteroatoms. The molecular formula is C26H32F3N3O7S. The van der Waals surface area contributed by atoms with Gasteiger partial charge in [-0.1, -0.05) is 12.1 Å². The Labute approximate surface area is 231 Å². The third-order valence-electron chi connectivity index (χ3n) is 7.25. The van der Waals surface area contributed by atoms with Gasteiger partial charge >= 0.3 is 12.3 Å². The summed E-state index contributed by atoms with van der Waals surface area (Å²) in [5.41, 5.74) is -0.0337. The fourth-order valence-electron chi connectivity index (χ4n) is 4.76. The maximum atomic E-state index is 13.6. The summed E-state index contributed by atoms with van der Waals surface area (Å²) in [5.74, 6) is 0.606. The first-order chi connectivity index (χ1) is 18.9. The van der Waals surface area contributed by atoms with E-state index in [1.165, 1.54) is 41.8 Å². The lowest BCUT2D eigenvalue weighted by Crippen LogP contribution is -2.49. The van der Waals surface area contributed by atoms with Crippen molar-refractivity contribution in [1.82, 2.24) is 14.2 Å². The van der Waals surface area contributed by atoms with Gasteiger partial charge in [-0.2, -0.15) is 17.5 Å². The number of pyridine rings is 1. The average Bonchev–Trinajstić information content (AvgIpc) is 3.35. The minimum Gasteiger partial charge on any atom is -0.497 e. The number of halogens is 3.